The van der Waals surface area contributed by atoms with Crippen LogP contribution in [-0.2, 0) is 11.3 Å². The first-order valence-electron chi connectivity index (χ1n) is 6.80. The molecular weight excluding hydrogens is 242 g/mol. The quantitative estimate of drug-likeness (QED) is 0.819. The Bertz CT molecular complexity index is 439. The molecule has 0 aromatic heterocycles. The molecule has 1 saturated heterocycles. The van der Waals surface area contributed by atoms with Gasteiger partial charge in [0.15, 0.2) is 0 Å². The molecule has 1 heterocycles. The fraction of sp³-hybridized carbons (Fsp3) is 0.533. The van der Waals surface area contributed by atoms with Gasteiger partial charge in [0.1, 0.15) is 5.75 Å². The van der Waals surface area contributed by atoms with Crippen molar-refractivity contribution in [1.29, 1.82) is 0 Å². The number of carbonyl (C=O) groups excluding carboxylic acids is 1. The number of rotatable bonds is 5. The van der Waals surface area contributed by atoms with Crippen molar-refractivity contribution < 1.29 is 14.3 Å². The first-order valence-corrected chi connectivity index (χ1v) is 6.80. The van der Waals surface area contributed by atoms with E-state index in [0.29, 0.717) is 13.2 Å². The third-order valence-electron chi connectivity index (χ3n) is 3.38. The van der Waals surface area contributed by atoms with Crippen molar-refractivity contribution in [2.75, 3.05) is 26.8 Å². The summed E-state index contributed by atoms with van der Waals surface area (Å²) in [6.07, 6.45) is 2.21. The van der Waals surface area contributed by atoms with Crippen LogP contribution in [0.3, 0.4) is 0 Å². The maximum absolute atomic E-state index is 12.3. The molecule has 4 nitrogen and oxygen atoms in total. The van der Waals surface area contributed by atoms with Crippen molar-refractivity contribution in [3.8, 4) is 5.75 Å². The number of ether oxygens (including phenoxy) is 2. The Morgan fingerprint density at radius 1 is 1.32 bits per heavy atom. The largest absolute Gasteiger partial charge is 0.496 e. The number of nitrogens with zero attached hydrogens (tertiary/aromatic N) is 1. The number of carbonyl (C=O) groups is 1. The third kappa shape index (κ3) is 3.26. The highest BCUT2D eigenvalue weighted by molar-refractivity contribution is 5.94. The van der Waals surface area contributed by atoms with Gasteiger partial charge >= 0.3 is 0 Å². The van der Waals surface area contributed by atoms with Crippen molar-refractivity contribution in [3.63, 3.8) is 0 Å². The summed E-state index contributed by atoms with van der Waals surface area (Å²) in [5, 5.41) is 0. The molecule has 1 amide bonds. The summed E-state index contributed by atoms with van der Waals surface area (Å²) in [7, 11) is 1.63. The van der Waals surface area contributed by atoms with Gasteiger partial charge in [-0.1, -0.05) is 0 Å². The van der Waals surface area contributed by atoms with Crippen LogP contribution in [-0.4, -0.2) is 37.6 Å². The molecule has 0 saturated carbocycles. The molecule has 4 heteroatoms. The summed E-state index contributed by atoms with van der Waals surface area (Å²) in [6, 6.07) is 5.56. The van der Waals surface area contributed by atoms with Crippen molar-refractivity contribution in [1.82, 2.24) is 4.90 Å². The van der Waals surface area contributed by atoms with Crippen molar-refractivity contribution in [2.45, 2.75) is 26.4 Å². The standard InChI is InChI=1S/C15H21NO3/c1-3-19-11-13-10-12(6-7-14(13)18-2)15(17)16-8-4-5-9-16/h6-7,10H,3-5,8-9,11H2,1-2H3. The average molecular weight is 263 g/mol. The van der Waals surface area contributed by atoms with Crippen molar-refractivity contribution >= 4 is 5.91 Å². The van der Waals surface area contributed by atoms with Gasteiger partial charge in [0, 0.05) is 30.8 Å². The van der Waals surface area contributed by atoms with Crippen LogP contribution in [0, 0.1) is 0 Å². The highest BCUT2D eigenvalue weighted by atomic mass is 16.5. The van der Waals surface area contributed by atoms with E-state index in [1.54, 1.807) is 7.11 Å². The zero-order valence-electron chi connectivity index (χ0n) is 11.6. The van der Waals surface area contributed by atoms with Crippen LogP contribution in [0.1, 0.15) is 35.7 Å². The summed E-state index contributed by atoms with van der Waals surface area (Å²) in [5.41, 5.74) is 1.65. The van der Waals surface area contributed by atoms with E-state index < -0.39 is 0 Å². The molecule has 1 aliphatic heterocycles. The number of likely N-dealkylation sites (tertiary alicyclic amines) is 1. The molecule has 19 heavy (non-hydrogen) atoms. The van der Waals surface area contributed by atoms with Crippen LogP contribution in [0.2, 0.25) is 0 Å². The van der Waals surface area contributed by atoms with Gasteiger partial charge in [-0.2, -0.15) is 0 Å². The Labute approximate surface area is 114 Å². The molecule has 0 radical (unpaired) electrons. The topological polar surface area (TPSA) is 38.8 Å². The lowest BCUT2D eigenvalue weighted by atomic mass is 10.1. The van der Waals surface area contributed by atoms with Gasteiger partial charge < -0.3 is 14.4 Å². The minimum absolute atomic E-state index is 0.109. The van der Waals surface area contributed by atoms with E-state index in [-0.39, 0.29) is 5.91 Å². The van der Waals surface area contributed by atoms with Crippen LogP contribution in [0.4, 0.5) is 0 Å². The van der Waals surface area contributed by atoms with Crippen LogP contribution in [0.15, 0.2) is 18.2 Å². The Kier molecular flexibility index (Phi) is 4.80. The third-order valence-corrected chi connectivity index (χ3v) is 3.38. The molecule has 0 aliphatic carbocycles. The normalized spacial score (nSPS) is 14.7. The molecule has 0 spiro atoms. The number of hydrogen-bond donors (Lipinski definition) is 0. The Morgan fingerprint density at radius 2 is 2.05 bits per heavy atom. The monoisotopic (exact) mass is 263 g/mol. The predicted molar refractivity (Wildman–Crippen MR) is 73.5 cm³/mol. The molecule has 1 aromatic rings. The Hall–Kier alpha value is -1.55. The summed E-state index contributed by atoms with van der Waals surface area (Å²) < 4.78 is 10.7. The van der Waals surface area contributed by atoms with Crippen molar-refractivity contribution in [3.05, 3.63) is 29.3 Å². The zero-order chi connectivity index (χ0) is 13.7. The smallest absolute Gasteiger partial charge is 0.253 e. The van der Waals surface area contributed by atoms with Gasteiger partial charge in [-0.15, -0.1) is 0 Å². The number of hydrogen-bond acceptors (Lipinski definition) is 3. The first kappa shape index (κ1) is 13.9. The fourth-order valence-corrected chi connectivity index (χ4v) is 2.34. The molecule has 2 rings (SSSR count). The predicted octanol–water partition coefficient (Wildman–Crippen LogP) is 2.47. The highest BCUT2D eigenvalue weighted by Gasteiger charge is 2.20. The molecule has 0 N–H and O–H groups in total. The van der Waals surface area contributed by atoms with Gasteiger partial charge in [0.25, 0.3) is 5.91 Å². The fourth-order valence-electron chi connectivity index (χ4n) is 2.34. The van der Waals surface area contributed by atoms with Gasteiger partial charge in [-0.3, -0.25) is 4.79 Å². The van der Waals surface area contributed by atoms with Crippen LogP contribution in [0.25, 0.3) is 0 Å². The molecule has 0 atom stereocenters. The van der Waals surface area contributed by atoms with E-state index >= 15 is 0 Å². The average Bonchev–Trinajstić information content (AvgIpc) is 2.98. The number of amides is 1. The molecule has 1 aliphatic rings. The maximum atomic E-state index is 12.3. The number of methoxy groups -OCH3 is 1. The van der Waals surface area contributed by atoms with Crippen molar-refractivity contribution in [2.24, 2.45) is 0 Å². The summed E-state index contributed by atoms with van der Waals surface area (Å²) in [4.78, 5) is 14.2. The second-order valence-electron chi connectivity index (χ2n) is 4.66. The lowest BCUT2D eigenvalue weighted by molar-refractivity contribution is 0.0792. The molecular formula is C15H21NO3. The zero-order valence-corrected chi connectivity index (χ0v) is 11.6. The second-order valence-corrected chi connectivity index (χ2v) is 4.66. The van der Waals surface area contributed by atoms with Crippen LogP contribution in [0.5, 0.6) is 5.75 Å². The Balaban J connectivity index is 2.18. The Morgan fingerprint density at radius 3 is 2.68 bits per heavy atom. The van der Waals surface area contributed by atoms with E-state index in [1.165, 1.54) is 0 Å². The van der Waals surface area contributed by atoms with Gasteiger partial charge in [-0.05, 0) is 38.0 Å². The van der Waals surface area contributed by atoms with E-state index in [1.807, 2.05) is 30.0 Å². The number of benzene rings is 1. The van der Waals surface area contributed by atoms with Gasteiger partial charge in [-0.25, -0.2) is 0 Å². The maximum Gasteiger partial charge on any atom is 0.253 e. The molecule has 0 bridgehead atoms. The SMILES string of the molecule is CCOCc1cc(C(=O)N2CCCC2)ccc1OC. The summed E-state index contributed by atoms with van der Waals surface area (Å²) in [5.74, 6) is 0.879. The van der Waals surface area contributed by atoms with E-state index in [2.05, 4.69) is 0 Å². The molecule has 1 aromatic carbocycles. The lowest BCUT2D eigenvalue weighted by Gasteiger charge is -2.16. The second kappa shape index (κ2) is 6.57. The summed E-state index contributed by atoms with van der Waals surface area (Å²) >= 11 is 0. The molecule has 104 valence electrons. The van der Waals surface area contributed by atoms with E-state index in [0.717, 1.165) is 42.8 Å². The van der Waals surface area contributed by atoms with Crippen LogP contribution < -0.4 is 4.74 Å². The summed E-state index contributed by atoms with van der Waals surface area (Å²) in [6.45, 7) is 4.80. The highest BCUT2D eigenvalue weighted by Crippen LogP contribution is 2.22. The molecule has 1 fully saturated rings. The van der Waals surface area contributed by atoms with Gasteiger partial charge in [0.05, 0.1) is 13.7 Å². The van der Waals surface area contributed by atoms with E-state index in [9.17, 15) is 4.79 Å². The minimum Gasteiger partial charge on any atom is -0.496 e. The minimum atomic E-state index is 0.109. The first-order chi connectivity index (χ1) is 9.26. The van der Waals surface area contributed by atoms with Crippen LogP contribution >= 0.6 is 0 Å². The van der Waals surface area contributed by atoms with E-state index in [4.69, 9.17) is 9.47 Å². The molecule has 0 unspecified atom stereocenters. The lowest BCUT2D eigenvalue weighted by Crippen LogP contribution is -2.27. The van der Waals surface area contributed by atoms with Gasteiger partial charge in [0.2, 0.25) is 0 Å².